The molecule has 36 heavy (non-hydrogen) atoms. The highest BCUT2D eigenvalue weighted by atomic mass is 16.5. The predicted molar refractivity (Wildman–Crippen MR) is 142 cm³/mol. The van der Waals surface area contributed by atoms with Gasteiger partial charge >= 0.3 is 0 Å². The van der Waals surface area contributed by atoms with Crippen LogP contribution >= 0.6 is 0 Å². The summed E-state index contributed by atoms with van der Waals surface area (Å²) < 4.78 is 16.3. The smallest absolute Gasteiger partial charge is 0.257 e. The summed E-state index contributed by atoms with van der Waals surface area (Å²) in [6, 6.07) is 22.9. The number of nitrogens with one attached hydrogen (secondary N) is 1. The molecule has 1 N–H and O–H groups in total. The summed E-state index contributed by atoms with van der Waals surface area (Å²) in [6.07, 6.45) is 0. The zero-order valence-corrected chi connectivity index (χ0v) is 20.9. The van der Waals surface area contributed by atoms with Gasteiger partial charge in [-0.2, -0.15) is 0 Å². The molecule has 0 bridgehead atoms. The van der Waals surface area contributed by atoms with Crippen LogP contribution in [0.4, 0.5) is 11.4 Å². The number of piperazine rings is 1. The molecule has 0 unspecified atom stereocenters. The fourth-order valence-corrected chi connectivity index (χ4v) is 4.05. The van der Waals surface area contributed by atoms with Gasteiger partial charge in [0.1, 0.15) is 5.75 Å². The third-order valence-corrected chi connectivity index (χ3v) is 5.96. The fraction of sp³-hybridized carbons (Fsp3) is 0.286. The molecule has 8 heteroatoms. The van der Waals surface area contributed by atoms with Gasteiger partial charge in [-0.1, -0.05) is 18.2 Å². The van der Waals surface area contributed by atoms with E-state index in [1.165, 1.54) is 5.69 Å². The SMILES string of the molecule is CCOc1ccc(C(=O)NC(=Nc2ccc(OC)c(OC)c2)N2CCN(c3ccccc3)CC2)cc1. The Balaban J connectivity index is 1.56. The zero-order valence-electron chi connectivity index (χ0n) is 20.9. The molecule has 0 saturated carbocycles. The van der Waals surface area contributed by atoms with Crippen molar-refractivity contribution in [3.05, 3.63) is 78.4 Å². The monoisotopic (exact) mass is 488 g/mol. The average Bonchev–Trinajstić information content (AvgIpc) is 2.93. The standard InChI is InChI=1S/C28H32N4O4/c1-4-36-24-13-10-21(11-14-24)27(33)30-28(29-22-12-15-25(34-2)26(20-22)35-3)32-18-16-31(17-19-32)23-8-6-5-7-9-23/h5-15,20H,4,16-19H2,1-3H3,(H,29,30,33). The first kappa shape index (κ1) is 24.9. The van der Waals surface area contributed by atoms with E-state index in [1.54, 1.807) is 50.6 Å². The molecule has 1 heterocycles. The topological polar surface area (TPSA) is 75.6 Å². The Hall–Kier alpha value is -4.20. The van der Waals surface area contributed by atoms with Crippen molar-refractivity contribution in [1.29, 1.82) is 0 Å². The molecule has 0 radical (unpaired) electrons. The maximum absolute atomic E-state index is 13.2. The number of carbonyl (C=O) groups is 1. The molecule has 8 nitrogen and oxygen atoms in total. The normalized spacial score (nSPS) is 13.8. The number of carbonyl (C=O) groups excluding carboxylic acids is 1. The van der Waals surface area contributed by atoms with Gasteiger partial charge in [-0.3, -0.25) is 10.1 Å². The maximum Gasteiger partial charge on any atom is 0.257 e. The van der Waals surface area contributed by atoms with Crippen LogP contribution in [0.1, 0.15) is 17.3 Å². The van der Waals surface area contributed by atoms with Gasteiger partial charge in [0.25, 0.3) is 5.91 Å². The van der Waals surface area contributed by atoms with E-state index in [0.29, 0.717) is 48.4 Å². The molecule has 4 rings (SSSR count). The highest BCUT2D eigenvalue weighted by Crippen LogP contribution is 2.31. The molecule has 0 aromatic heterocycles. The molecular formula is C28H32N4O4. The Morgan fingerprint density at radius 3 is 2.22 bits per heavy atom. The van der Waals surface area contributed by atoms with Gasteiger partial charge in [0, 0.05) is 43.5 Å². The van der Waals surface area contributed by atoms with Crippen LogP contribution in [0.25, 0.3) is 0 Å². The highest BCUT2D eigenvalue weighted by Gasteiger charge is 2.22. The summed E-state index contributed by atoms with van der Waals surface area (Å²) in [4.78, 5) is 22.4. The number of benzene rings is 3. The molecule has 1 aliphatic rings. The zero-order chi connectivity index (χ0) is 25.3. The number of methoxy groups -OCH3 is 2. The van der Waals surface area contributed by atoms with Gasteiger partial charge < -0.3 is 24.0 Å². The minimum Gasteiger partial charge on any atom is -0.494 e. The van der Waals surface area contributed by atoms with Crippen molar-refractivity contribution < 1.29 is 19.0 Å². The predicted octanol–water partition coefficient (Wildman–Crippen LogP) is 4.34. The summed E-state index contributed by atoms with van der Waals surface area (Å²) in [6.45, 7) is 5.55. The van der Waals surface area contributed by atoms with Crippen LogP contribution in [0, 0.1) is 0 Å². The van der Waals surface area contributed by atoms with Gasteiger partial charge in [0.15, 0.2) is 11.5 Å². The number of amides is 1. The Labute approximate surface area is 212 Å². The number of guanidine groups is 1. The van der Waals surface area contributed by atoms with Crippen molar-refractivity contribution in [3.8, 4) is 17.2 Å². The number of hydrogen-bond acceptors (Lipinski definition) is 6. The number of anilines is 1. The second-order valence-electron chi connectivity index (χ2n) is 8.20. The highest BCUT2D eigenvalue weighted by molar-refractivity contribution is 6.06. The first-order valence-electron chi connectivity index (χ1n) is 12.0. The molecule has 3 aromatic rings. The second kappa shape index (κ2) is 12.0. The van der Waals surface area contributed by atoms with Gasteiger partial charge in [0.05, 0.1) is 26.5 Å². The van der Waals surface area contributed by atoms with E-state index in [1.807, 2.05) is 31.2 Å². The molecule has 3 aromatic carbocycles. The van der Waals surface area contributed by atoms with Crippen molar-refractivity contribution in [2.75, 3.05) is 51.9 Å². The van der Waals surface area contributed by atoms with E-state index in [9.17, 15) is 4.79 Å². The molecule has 1 amide bonds. The van der Waals surface area contributed by atoms with E-state index < -0.39 is 0 Å². The minimum absolute atomic E-state index is 0.234. The lowest BCUT2D eigenvalue weighted by Crippen LogP contribution is -2.53. The summed E-state index contributed by atoms with van der Waals surface area (Å²) in [5.74, 6) is 2.18. The summed E-state index contributed by atoms with van der Waals surface area (Å²) in [5.41, 5.74) is 2.37. The molecule has 0 spiro atoms. The van der Waals surface area contributed by atoms with Crippen LogP contribution in [-0.2, 0) is 0 Å². The minimum atomic E-state index is -0.234. The lowest BCUT2D eigenvalue weighted by Gasteiger charge is -2.37. The molecule has 188 valence electrons. The number of para-hydroxylation sites is 1. The second-order valence-corrected chi connectivity index (χ2v) is 8.20. The van der Waals surface area contributed by atoms with Gasteiger partial charge in [-0.25, -0.2) is 4.99 Å². The fourth-order valence-electron chi connectivity index (χ4n) is 4.05. The molecule has 0 aliphatic carbocycles. The maximum atomic E-state index is 13.2. The third-order valence-electron chi connectivity index (χ3n) is 5.96. The van der Waals surface area contributed by atoms with E-state index in [4.69, 9.17) is 19.2 Å². The van der Waals surface area contributed by atoms with Gasteiger partial charge in [-0.15, -0.1) is 0 Å². The lowest BCUT2D eigenvalue weighted by molar-refractivity contribution is 0.0971. The number of aliphatic imine (C=N–C) groups is 1. The van der Waals surface area contributed by atoms with Gasteiger partial charge in [0.2, 0.25) is 5.96 Å². The molecule has 1 saturated heterocycles. The van der Waals surface area contributed by atoms with E-state index in [2.05, 4.69) is 27.2 Å². The first-order chi connectivity index (χ1) is 17.6. The van der Waals surface area contributed by atoms with E-state index >= 15 is 0 Å². The van der Waals surface area contributed by atoms with Crippen LogP contribution < -0.4 is 24.4 Å². The van der Waals surface area contributed by atoms with E-state index in [0.717, 1.165) is 18.8 Å². The third kappa shape index (κ3) is 6.07. The van der Waals surface area contributed by atoms with Crippen LogP contribution in [0.3, 0.4) is 0 Å². The van der Waals surface area contributed by atoms with Crippen molar-refractivity contribution in [2.24, 2.45) is 4.99 Å². The quantitative estimate of drug-likeness (QED) is 0.394. The molecule has 1 aliphatic heterocycles. The Morgan fingerprint density at radius 2 is 1.58 bits per heavy atom. The number of ether oxygens (including phenoxy) is 3. The van der Waals surface area contributed by atoms with Crippen molar-refractivity contribution in [2.45, 2.75) is 6.92 Å². The van der Waals surface area contributed by atoms with Gasteiger partial charge in [-0.05, 0) is 55.5 Å². The molecule has 0 atom stereocenters. The summed E-state index contributed by atoms with van der Waals surface area (Å²) >= 11 is 0. The number of nitrogens with zero attached hydrogens (tertiary/aromatic N) is 3. The van der Waals surface area contributed by atoms with Crippen LogP contribution in [0.2, 0.25) is 0 Å². The van der Waals surface area contributed by atoms with Crippen LogP contribution in [0.5, 0.6) is 17.2 Å². The Kier molecular flexibility index (Phi) is 8.28. The van der Waals surface area contributed by atoms with Crippen molar-refractivity contribution >= 4 is 23.2 Å². The number of hydrogen-bond donors (Lipinski definition) is 1. The van der Waals surface area contributed by atoms with E-state index in [-0.39, 0.29) is 5.91 Å². The summed E-state index contributed by atoms with van der Waals surface area (Å²) in [5, 5.41) is 3.03. The molecule has 1 fully saturated rings. The Morgan fingerprint density at radius 1 is 0.889 bits per heavy atom. The lowest BCUT2D eigenvalue weighted by atomic mass is 10.2. The van der Waals surface area contributed by atoms with Crippen LogP contribution in [0.15, 0.2) is 77.8 Å². The average molecular weight is 489 g/mol. The van der Waals surface area contributed by atoms with Crippen LogP contribution in [-0.4, -0.2) is 63.8 Å². The molecular weight excluding hydrogens is 456 g/mol. The number of rotatable bonds is 7. The van der Waals surface area contributed by atoms with Crippen molar-refractivity contribution in [3.63, 3.8) is 0 Å². The summed E-state index contributed by atoms with van der Waals surface area (Å²) in [7, 11) is 3.18. The Bertz CT molecular complexity index is 1170. The van der Waals surface area contributed by atoms with Crippen molar-refractivity contribution in [1.82, 2.24) is 10.2 Å². The first-order valence-corrected chi connectivity index (χ1v) is 12.0. The largest absolute Gasteiger partial charge is 0.494 e.